The lowest BCUT2D eigenvalue weighted by Gasteiger charge is -2.33. The Morgan fingerprint density at radius 2 is 2.13 bits per heavy atom. The van der Waals surface area contributed by atoms with Crippen molar-refractivity contribution in [3.8, 4) is 6.07 Å². The summed E-state index contributed by atoms with van der Waals surface area (Å²) in [7, 11) is 0. The van der Waals surface area contributed by atoms with Crippen LogP contribution in [0.2, 0.25) is 0 Å². The van der Waals surface area contributed by atoms with Gasteiger partial charge in [-0.1, -0.05) is 0 Å². The van der Waals surface area contributed by atoms with E-state index in [1.807, 2.05) is 6.07 Å². The number of amides is 1. The van der Waals surface area contributed by atoms with Gasteiger partial charge in [-0.25, -0.2) is 0 Å². The number of nitrogens with one attached hydrogen (secondary N) is 1. The standard InChI is InChI=1S/C11H19N3O/c1-9(2)14-7-3-10(4-8-14)11(15)13-6-5-12/h9-10H,3-4,6-8H2,1-2H3,(H,13,15). The molecule has 1 aliphatic rings. The Morgan fingerprint density at radius 3 is 2.60 bits per heavy atom. The molecule has 0 bridgehead atoms. The fraction of sp³-hybridized carbons (Fsp3) is 0.818. The van der Waals surface area contributed by atoms with Gasteiger partial charge < -0.3 is 10.2 Å². The van der Waals surface area contributed by atoms with Crippen molar-refractivity contribution in [1.29, 1.82) is 5.26 Å². The average molecular weight is 209 g/mol. The summed E-state index contributed by atoms with van der Waals surface area (Å²) >= 11 is 0. The van der Waals surface area contributed by atoms with Gasteiger partial charge in [0, 0.05) is 12.0 Å². The molecule has 0 spiro atoms. The van der Waals surface area contributed by atoms with Gasteiger partial charge in [0.05, 0.1) is 6.07 Å². The van der Waals surface area contributed by atoms with Gasteiger partial charge in [0.25, 0.3) is 0 Å². The first-order valence-corrected chi connectivity index (χ1v) is 5.54. The van der Waals surface area contributed by atoms with E-state index in [9.17, 15) is 4.79 Å². The van der Waals surface area contributed by atoms with Crippen LogP contribution in [-0.2, 0) is 4.79 Å². The zero-order chi connectivity index (χ0) is 11.3. The van der Waals surface area contributed by atoms with Crippen molar-refractivity contribution in [2.45, 2.75) is 32.7 Å². The van der Waals surface area contributed by atoms with Crippen LogP contribution < -0.4 is 5.32 Å². The molecule has 4 nitrogen and oxygen atoms in total. The second-order valence-corrected chi connectivity index (χ2v) is 4.28. The Labute approximate surface area is 91.2 Å². The average Bonchev–Trinajstić information content (AvgIpc) is 2.26. The van der Waals surface area contributed by atoms with Gasteiger partial charge >= 0.3 is 0 Å². The lowest BCUT2D eigenvalue weighted by Crippen LogP contribution is -2.43. The predicted octanol–water partition coefficient (Wildman–Crippen LogP) is 0.747. The smallest absolute Gasteiger partial charge is 0.224 e. The number of hydrogen-bond donors (Lipinski definition) is 1. The molecule has 0 saturated carbocycles. The fourth-order valence-electron chi connectivity index (χ4n) is 1.95. The van der Waals surface area contributed by atoms with E-state index in [1.54, 1.807) is 0 Å². The van der Waals surface area contributed by atoms with Crippen LogP contribution >= 0.6 is 0 Å². The first-order chi connectivity index (χ1) is 7.15. The van der Waals surface area contributed by atoms with Gasteiger partial charge in [-0.3, -0.25) is 4.79 Å². The Hall–Kier alpha value is -1.08. The number of hydrogen-bond acceptors (Lipinski definition) is 3. The van der Waals surface area contributed by atoms with Crippen LogP contribution in [0.15, 0.2) is 0 Å². The quantitative estimate of drug-likeness (QED) is 0.698. The van der Waals surface area contributed by atoms with Crippen LogP contribution in [0.3, 0.4) is 0 Å². The van der Waals surface area contributed by atoms with Gasteiger partial charge in [-0.05, 0) is 39.8 Å². The minimum Gasteiger partial charge on any atom is -0.343 e. The maximum absolute atomic E-state index is 11.6. The molecule has 0 aromatic carbocycles. The van der Waals surface area contributed by atoms with Gasteiger partial charge in [0.15, 0.2) is 0 Å². The molecule has 4 heteroatoms. The molecule has 1 fully saturated rings. The number of rotatable bonds is 3. The van der Waals surface area contributed by atoms with Crippen molar-refractivity contribution in [1.82, 2.24) is 10.2 Å². The molecule has 0 radical (unpaired) electrons. The van der Waals surface area contributed by atoms with Crippen molar-refractivity contribution in [2.75, 3.05) is 19.6 Å². The number of piperidine rings is 1. The minimum atomic E-state index is 0.0416. The number of nitriles is 1. The van der Waals surface area contributed by atoms with Crippen molar-refractivity contribution < 1.29 is 4.79 Å². The largest absolute Gasteiger partial charge is 0.343 e. The highest BCUT2D eigenvalue weighted by molar-refractivity contribution is 5.78. The van der Waals surface area contributed by atoms with Crippen molar-refractivity contribution in [3.63, 3.8) is 0 Å². The highest BCUT2D eigenvalue weighted by Gasteiger charge is 2.25. The Balaban J connectivity index is 2.31. The van der Waals surface area contributed by atoms with Crippen molar-refractivity contribution >= 4 is 5.91 Å². The Bertz CT molecular complexity index is 249. The van der Waals surface area contributed by atoms with E-state index in [2.05, 4.69) is 24.1 Å². The van der Waals surface area contributed by atoms with E-state index in [1.165, 1.54) is 0 Å². The van der Waals surface area contributed by atoms with Gasteiger partial charge in [-0.2, -0.15) is 5.26 Å². The molecule has 1 N–H and O–H groups in total. The predicted molar refractivity (Wildman–Crippen MR) is 58.1 cm³/mol. The summed E-state index contributed by atoms with van der Waals surface area (Å²) < 4.78 is 0. The summed E-state index contributed by atoms with van der Waals surface area (Å²) in [5.41, 5.74) is 0. The first-order valence-electron chi connectivity index (χ1n) is 5.54. The molecule has 1 rings (SSSR count). The summed E-state index contributed by atoms with van der Waals surface area (Å²) in [4.78, 5) is 13.9. The van der Waals surface area contributed by atoms with E-state index >= 15 is 0 Å². The van der Waals surface area contributed by atoms with Crippen LogP contribution in [0, 0.1) is 17.2 Å². The maximum Gasteiger partial charge on any atom is 0.224 e. The Morgan fingerprint density at radius 1 is 1.53 bits per heavy atom. The molecule has 0 aliphatic carbocycles. The second kappa shape index (κ2) is 5.72. The third-order valence-corrected chi connectivity index (χ3v) is 2.97. The molecule has 84 valence electrons. The van der Waals surface area contributed by atoms with E-state index in [-0.39, 0.29) is 18.4 Å². The van der Waals surface area contributed by atoms with Crippen molar-refractivity contribution in [2.24, 2.45) is 5.92 Å². The molecule has 1 amide bonds. The third kappa shape index (κ3) is 3.52. The topological polar surface area (TPSA) is 56.1 Å². The lowest BCUT2D eigenvalue weighted by atomic mass is 9.95. The molecular weight excluding hydrogens is 190 g/mol. The summed E-state index contributed by atoms with van der Waals surface area (Å²) in [6.45, 7) is 6.46. The van der Waals surface area contributed by atoms with E-state index in [0.29, 0.717) is 6.04 Å². The summed E-state index contributed by atoms with van der Waals surface area (Å²) in [6.07, 6.45) is 1.82. The molecule has 15 heavy (non-hydrogen) atoms. The number of carbonyl (C=O) groups excluding carboxylic acids is 1. The molecule has 1 saturated heterocycles. The van der Waals surface area contributed by atoms with Crippen LogP contribution in [-0.4, -0.2) is 36.5 Å². The number of nitrogens with zero attached hydrogens (tertiary/aromatic N) is 2. The van der Waals surface area contributed by atoms with Crippen LogP contribution in [0.1, 0.15) is 26.7 Å². The summed E-state index contributed by atoms with van der Waals surface area (Å²) in [6, 6.07) is 2.49. The second-order valence-electron chi connectivity index (χ2n) is 4.28. The molecular formula is C11H19N3O. The normalized spacial score (nSPS) is 18.8. The number of carbonyl (C=O) groups is 1. The highest BCUT2D eigenvalue weighted by Crippen LogP contribution is 2.18. The fourth-order valence-corrected chi connectivity index (χ4v) is 1.95. The lowest BCUT2D eigenvalue weighted by molar-refractivity contribution is -0.126. The Kier molecular flexibility index (Phi) is 4.57. The van der Waals surface area contributed by atoms with Crippen LogP contribution in [0.5, 0.6) is 0 Å². The first kappa shape index (κ1) is 12.0. The molecule has 1 heterocycles. The zero-order valence-electron chi connectivity index (χ0n) is 9.49. The van der Waals surface area contributed by atoms with Gasteiger partial charge in [-0.15, -0.1) is 0 Å². The van der Waals surface area contributed by atoms with E-state index in [4.69, 9.17) is 5.26 Å². The molecule has 0 aromatic heterocycles. The van der Waals surface area contributed by atoms with Gasteiger partial charge in [0.2, 0.25) is 5.91 Å². The van der Waals surface area contributed by atoms with Crippen LogP contribution in [0.25, 0.3) is 0 Å². The van der Waals surface area contributed by atoms with E-state index in [0.717, 1.165) is 25.9 Å². The maximum atomic E-state index is 11.6. The molecule has 0 aromatic rings. The molecule has 1 aliphatic heterocycles. The number of likely N-dealkylation sites (tertiary alicyclic amines) is 1. The molecule has 0 atom stereocenters. The summed E-state index contributed by atoms with van der Waals surface area (Å²) in [5.74, 6) is 0.147. The van der Waals surface area contributed by atoms with Gasteiger partial charge in [0.1, 0.15) is 6.54 Å². The minimum absolute atomic E-state index is 0.0416. The van der Waals surface area contributed by atoms with E-state index < -0.39 is 0 Å². The SMILES string of the molecule is CC(C)N1CCC(C(=O)NCC#N)CC1. The highest BCUT2D eigenvalue weighted by atomic mass is 16.1. The van der Waals surface area contributed by atoms with Crippen molar-refractivity contribution in [3.05, 3.63) is 0 Å². The zero-order valence-corrected chi connectivity index (χ0v) is 9.49. The molecule has 0 unspecified atom stereocenters. The monoisotopic (exact) mass is 209 g/mol. The third-order valence-electron chi connectivity index (χ3n) is 2.97. The summed E-state index contributed by atoms with van der Waals surface area (Å²) in [5, 5.41) is 11.0. The van der Waals surface area contributed by atoms with Crippen LogP contribution in [0.4, 0.5) is 0 Å².